The van der Waals surface area contributed by atoms with E-state index in [1.807, 2.05) is 55.5 Å². The predicted octanol–water partition coefficient (Wildman–Crippen LogP) is 2.23. The summed E-state index contributed by atoms with van der Waals surface area (Å²) in [6.07, 6.45) is 4.87. The Morgan fingerprint density at radius 2 is 1.93 bits per heavy atom. The zero-order valence-electron chi connectivity index (χ0n) is 16.6. The molecule has 0 saturated heterocycles. The molecule has 0 bridgehead atoms. The minimum absolute atomic E-state index is 0.235. The fourth-order valence-corrected chi connectivity index (χ4v) is 3.11. The van der Waals surface area contributed by atoms with Crippen molar-refractivity contribution in [2.45, 2.75) is 19.8 Å². The number of nitrogens with one attached hydrogen (secondary N) is 4. The quantitative estimate of drug-likeness (QED) is 0.456. The number of hydrogen-bond acceptors (Lipinski definition) is 8. The predicted molar refractivity (Wildman–Crippen MR) is 116 cm³/mol. The van der Waals surface area contributed by atoms with Gasteiger partial charge in [-0.25, -0.2) is 10.5 Å². The molecule has 4 N–H and O–H groups in total. The summed E-state index contributed by atoms with van der Waals surface area (Å²) in [4.78, 5) is 17.2. The number of anilines is 2. The monoisotopic (exact) mass is 405 g/mol. The summed E-state index contributed by atoms with van der Waals surface area (Å²) in [5.41, 5.74) is 10.7. The van der Waals surface area contributed by atoms with Crippen molar-refractivity contribution in [1.29, 1.82) is 0 Å². The van der Waals surface area contributed by atoms with Crippen LogP contribution in [0.5, 0.6) is 5.75 Å². The van der Waals surface area contributed by atoms with E-state index in [1.54, 1.807) is 17.0 Å². The van der Waals surface area contributed by atoms with Gasteiger partial charge >= 0.3 is 0 Å². The molecule has 3 aromatic rings. The molecule has 9 heteroatoms. The molecule has 1 aliphatic heterocycles. The van der Waals surface area contributed by atoms with Crippen molar-refractivity contribution in [3.05, 3.63) is 76.8 Å². The van der Waals surface area contributed by atoms with Crippen LogP contribution in [0.2, 0.25) is 0 Å². The first-order valence-electron chi connectivity index (χ1n) is 9.73. The zero-order valence-corrected chi connectivity index (χ0v) is 16.6. The number of aryl methyl sites for hydroxylation is 1. The second kappa shape index (κ2) is 9.10. The summed E-state index contributed by atoms with van der Waals surface area (Å²) in [5.74, 6) is 1.76. The van der Waals surface area contributed by atoms with E-state index in [1.165, 1.54) is 0 Å². The molecule has 0 spiro atoms. The van der Waals surface area contributed by atoms with Crippen molar-refractivity contribution in [1.82, 2.24) is 26.0 Å². The van der Waals surface area contributed by atoms with Crippen LogP contribution in [0.4, 0.5) is 11.5 Å². The Bertz CT molecular complexity index is 1090. The van der Waals surface area contributed by atoms with Crippen LogP contribution in [0.3, 0.4) is 0 Å². The van der Waals surface area contributed by atoms with Gasteiger partial charge < -0.3 is 10.1 Å². The Morgan fingerprint density at radius 3 is 2.70 bits per heavy atom. The van der Waals surface area contributed by atoms with Crippen molar-refractivity contribution >= 4 is 17.3 Å². The number of hydrazone groups is 1. The maximum absolute atomic E-state index is 13.0. The lowest BCUT2D eigenvalue weighted by Crippen LogP contribution is -2.35. The van der Waals surface area contributed by atoms with Gasteiger partial charge in [0.15, 0.2) is 5.82 Å². The van der Waals surface area contributed by atoms with Crippen molar-refractivity contribution < 1.29 is 4.74 Å². The van der Waals surface area contributed by atoms with Gasteiger partial charge in [0.25, 0.3) is 5.56 Å². The SMILES string of the molecule is CCOc1ccccc1Nc1nccn(-c2ccc(CCC3=NNNN3)cc2)c1=O. The van der Waals surface area contributed by atoms with Crippen LogP contribution in [0.25, 0.3) is 5.69 Å². The zero-order chi connectivity index (χ0) is 20.8. The lowest BCUT2D eigenvalue weighted by molar-refractivity contribution is 0.342. The Morgan fingerprint density at radius 1 is 1.10 bits per heavy atom. The van der Waals surface area contributed by atoms with Gasteiger partial charge in [0.1, 0.15) is 11.6 Å². The summed E-state index contributed by atoms with van der Waals surface area (Å²) < 4.78 is 7.19. The van der Waals surface area contributed by atoms with Gasteiger partial charge in [-0.2, -0.15) is 0 Å². The average Bonchev–Trinajstić information content (AvgIpc) is 3.29. The molecule has 9 nitrogen and oxygen atoms in total. The second-order valence-corrected chi connectivity index (χ2v) is 6.59. The molecule has 1 aromatic heterocycles. The number of para-hydroxylation sites is 2. The van der Waals surface area contributed by atoms with Gasteiger partial charge in [0, 0.05) is 24.5 Å². The summed E-state index contributed by atoms with van der Waals surface area (Å²) in [5, 5.41) is 7.16. The van der Waals surface area contributed by atoms with Crippen LogP contribution >= 0.6 is 0 Å². The molecule has 4 rings (SSSR count). The first kappa shape index (κ1) is 19.5. The average molecular weight is 405 g/mol. The third kappa shape index (κ3) is 4.41. The van der Waals surface area contributed by atoms with E-state index in [9.17, 15) is 4.79 Å². The summed E-state index contributed by atoms with van der Waals surface area (Å²) in [6, 6.07) is 15.3. The molecule has 30 heavy (non-hydrogen) atoms. The van der Waals surface area contributed by atoms with E-state index in [2.05, 4.69) is 31.9 Å². The highest BCUT2D eigenvalue weighted by Crippen LogP contribution is 2.25. The lowest BCUT2D eigenvalue weighted by atomic mass is 10.1. The van der Waals surface area contributed by atoms with Crippen LogP contribution in [0.15, 0.2) is 70.8 Å². The van der Waals surface area contributed by atoms with E-state index in [0.717, 1.165) is 29.9 Å². The molecule has 0 unspecified atom stereocenters. The third-order valence-corrected chi connectivity index (χ3v) is 4.60. The minimum atomic E-state index is -0.238. The standard InChI is InChI=1S/C21H23N7O2/c1-2-30-18-6-4-3-5-17(18)23-20-21(29)28(14-13-22-20)16-10-7-15(8-11-16)9-12-19-24-26-27-25-19/h3-8,10-11,13-14,26-27H,2,9,12H2,1H3,(H,22,23)(H,24,25). The van der Waals surface area contributed by atoms with Crippen molar-refractivity contribution in [3.8, 4) is 11.4 Å². The van der Waals surface area contributed by atoms with Gasteiger partial charge in [-0.15, -0.1) is 10.6 Å². The Labute approximate surface area is 173 Å². The van der Waals surface area contributed by atoms with Crippen LogP contribution < -0.4 is 32.1 Å². The van der Waals surface area contributed by atoms with Crippen LogP contribution in [0, 0.1) is 0 Å². The number of benzene rings is 2. The van der Waals surface area contributed by atoms with Gasteiger partial charge in [-0.3, -0.25) is 14.8 Å². The molecule has 0 fully saturated rings. The molecule has 0 radical (unpaired) electrons. The first-order valence-corrected chi connectivity index (χ1v) is 9.73. The molecule has 154 valence electrons. The molecule has 0 aliphatic carbocycles. The third-order valence-electron chi connectivity index (χ3n) is 4.60. The van der Waals surface area contributed by atoms with Crippen LogP contribution in [-0.4, -0.2) is 22.0 Å². The summed E-state index contributed by atoms with van der Waals surface area (Å²) in [7, 11) is 0. The normalized spacial score (nSPS) is 12.6. The van der Waals surface area contributed by atoms with E-state index < -0.39 is 0 Å². The van der Waals surface area contributed by atoms with Crippen LogP contribution in [0.1, 0.15) is 18.9 Å². The number of hydrazine groups is 2. The minimum Gasteiger partial charge on any atom is -0.492 e. The first-order chi connectivity index (χ1) is 14.7. The van der Waals surface area contributed by atoms with E-state index >= 15 is 0 Å². The highest BCUT2D eigenvalue weighted by Gasteiger charge is 2.10. The number of ether oxygens (including phenoxy) is 1. The molecule has 1 aliphatic rings. The highest BCUT2D eigenvalue weighted by molar-refractivity contribution is 5.82. The molecule has 0 atom stereocenters. The largest absolute Gasteiger partial charge is 0.492 e. The smallest absolute Gasteiger partial charge is 0.298 e. The van der Waals surface area contributed by atoms with E-state index in [0.29, 0.717) is 18.0 Å². The number of hydrogen-bond donors (Lipinski definition) is 4. The Balaban J connectivity index is 1.52. The molecule has 2 aromatic carbocycles. The van der Waals surface area contributed by atoms with E-state index in [-0.39, 0.29) is 11.4 Å². The fourth-order valence-electron chi connectivity index (χ4n) is 3.11. The van der Waals surface area contributed by atoms with Gasteiger partial charge in [0.05, 0.1) is 12.3 Å². The Kier molecular flexibility index (Phi) is 5.90. The molecule has 0 amide bonds. The molecular formula is C21H23N7O2. The molecular weight excluding hydrogens is 382 g/mol. The van der Waals surface area contributed by atoms with Gasteiger partial charge in [-0.1, -0.05) is 24.3 Å². The number of amidine groups is 1. The fraction of sp³-hybridized carbons (Fsp3) is 0.190. The number of nitrogens with zero attached hydrogens (tertiary/aromatic N) is 3. The molecule has 0 saturated carbocycles. The number of aromatic nitrogens is 2. The van der Waals surface area contributed by atoms with Gasteiger partial charge in [-0.05, 0) is 43.2 Å². The second-order valence-electron chi connectivity index (χ2n) is 6.59. The van der Waals surface area contributed by atoms with Gasteiger partial charge in [0.2, 0.25) is 0 Å². The highest BCUT2D eigenvalue weighted by atomic mass is 16.5. The lowest BCUT2D eigenvalue weighted by Gasteiger charge is -2.13. The summed E-state index contributed by atoms with van der Waals surface area (Å²) in [6.45, 7) is 2.45. The topological polar surface area (TPSA) is 105 Å². The van der Waals surface area contributed by atoms with Crippen LogP contribution in [-0.2, 0) is 6.42 Å². The van der Waals surface area contributed by atoms with Crippen molar-refractivity contribution in [3.63, 3.8) is 0 Å². The molecule has 2 heterocycles. The maximum Gasteiger partial charge on any atom is 0.298 e. The van der Waals surface area contributed by atoms with Crippen molar-refractivity contribution in [2.24, 2.45) is 5.10 Å². The maximum atomic E-state index is 13.0. The van der Waals surface area contributed by atoms with E-state index in [4.69, 9.17) is 4.74 Å². The Hall–Kier alpha value is -3.85. The summed E-state index contributed by atoms with van der Waals surface area (Å²) >= 11 is 0. The number of rotatable bonds is 8. The van der Waals surface area contributed by atoms with Crippen molar-refractivity contribution in [2.75, 3.05) is 11.9 Å².